The summed E-state index contributed by atoms with van der Waals surface area (Å²) in [6, 6.07) is 0. The molecule has 2 saturated carbocycles. The first-order chi connectivity index (χ1) is 9.40. The van der Waals surface area contributed by atoms with Gasteiger partial charge in [0.25, 0.3) is 0 Å². The van der Waals surface area contributed by atoms with Gasteiger partial charge in [0.05, 0.1) is 5.92 Å². The molecule has 2 nitrogen and oxygen atoms in total. The summed E-state index contributed by atoms with van der Waals surface area (Å²) in [5.74, 6) is 3.51. The Morgan fingerprint density at radius 3 is 2.25 bits per heavy atom. The molecule has 116 valence electrons. The summed E-state index contributed by atoms with van der Waals surface area (Å²) in [7, 11) is 0. The van der Waals surface area contributed by atoms with Crippen LogP contribution in [0.25, 0.3) is 0 Å². The van der Waals surface area contributed by atoms with E-state index in [0.717, 1.165) is 37.0 Å². The number of carbonyl (C=O) groups is 1. The van der Waals surface area contributed by atoms with Crippen LogP contribution in [0, 0.1) is 41.4 Å². The summed E-state index contributed by atoms with van der Waals surface area (Å²) in [4.78, 5) is 11.6. The van der Waals surface area contributed by atoms with E-state index >= 15 is 0 Å². The lowest BCUT2D eigenvalue weighted by Gasteiger charge is -2.44. The molecule has 0 saturated heterocycles. The van der Waals surface area contributed by atoms with Crippen LogP contribution in [0.15, 0.2) is 0 Å². The summed E-state index contributed by atoms with van der Waals surface area (Å²) in [5, 5.41) is 9.58. The van der Waals surface area contributed by atoms with Crippen LogP contribution in [0.2, 0.25) is 0 Å². The highest BCUT2D eigenvalue weighted by Crippen LogP contribution is 2.47. The monoisotopic (exact) mass is 280 g/mol. The van der Waals surface area contributed by atoms with Gasteiger partial charge in [0.15, 0.2) is 0 Å². The number of hydrogen-bond acceptors (Lipinski definition) is 1. The molecule has 2 rings (SSSR count). The molecule has 6 atom stereocenters. The average Bonchev–Trinajstić information content (AvgIpc) is 2.41. The van der Waals surface area contributed by atoms with Crippen molar-refractivity contribution >= 4 is 5.97 Å². The van der Waals surface area contributed by atoms with Crippen LogP contribution < -0.4 is 0 Å². The molecule has 2 aliphatic rings. The Morgan fingerprint density at radius 1 is 1.00 bits per heavy atom. The summed E-state index contributed by atoms with van der Waals surface area (Å²) in [6.07, 6.45) is 6.97. The molecule has 2 fully saturated rings. The number of carboxylic acids is 1. The molecule has 2 heteroatoms. The molecule has 2 aliphatic carbocycles. The molecule has 0 radical (unpaired) electrons. The van der Waals surface area contributed by atoms with Crippen LogP contribution in [0.5, 0.6) is 0 Å². The van der Waals surface area contributed by atoms with E-state index in [9.17, 15) is 9.90 Å². The quantitative estimate of drug-likeness (QED) is 0.803. The van der Waals surface area contributed by atoms with Crippen molar-refractivity contribution in [2.24, 2.45) is 41.4 Å². The fourth-order valence-electron chi connectivity index (χ4n) is 4.65. The van der Waals surface area contributed by atoms with Crippen LogP contribution in [-0.2, 0) is 4.79 Å². The molecule has 0 amide bonds. The maximum Gasteiger partial charge on any atom is 0.306 e. The average molecular weight is 280 g/mol. The standard InChI is InChI=1S/C18H32O2/c1-11(2)14-7-8-16(18(19)20)17(10-14)15-6-5-12(3)13(4)9-15/h11-17H,5-10H2,1-4H3,(H,19,20). The van der Waals surface area contributed by atoms with E-state index in [0.29, 0.717) is 17.8 Å². The fraction of sp³-hybridized carbons (Fsp3) is 0.944. The van der Waals surface area contributed by atoms with Crippen LogP contribution in [0.1, 0.15) is 66.2 Å². The SMILES string of the molecule is CC(C)C1CCC(C(=O)O)C(C2CCC(C)C(C)C2)C1. The zero-order chi connectivity index (χ0) is 14.9. The van der Waals surface area contributed by atoms with Crippen molar-refractivity contribution in [3.63, 3.8) is 0 Å². The van der Waals surface area contributed by atoms with Crippen molar-refractivity contribution in [1.82, 2.24) is 0 Å². The second-order valence-corrected chi connectivity index (χ2v) is 7.95. The van der Waals surface area contributed by atoms with Gasteiger partial charge < -0.3 is 5.11 Å². The molecular weight excluding hydrogens is 248 g/mol. The summed E-state index contributed by atoms with van der Waals surface area (Å²) in [5.41, 5.74) is 0. The van der Waals surface area contributed by atoms with Gasteiger partial charge in [-0.15, -0.1) is 0 Å². The van der Waals surface area contributed by atoms with Crippen molar-refractivity contribution in [2.45, 2.75) is 66.2 Å². The maximum absolute atomic E-state index is 11.6. The van der Waals surface area contributed by atoms with E-state index in [1.807, 2.05) is 0 Å². The lowest BCUT2D eigenvalue weighted by Crippen LogP contribution is -2.39. The van der Waals surface area contributed by atoms with Gasteiger partial charge in [0.1, 0.15) is 0 Å². The van der Waals surface area contributed by atoms with Crippen molar-refractivity contribution in [2.75, 3.05) is 0 Å². The highest BCUT2D eigenvalue weighted by atomic mass is 16.4. The smallest absolute Gasteiger partial charge is 0.306 e. The molecule has 0 bridgehead atoms. The minimum Gasteiger partial charge on any atom is -0.481 e. The molecule has 6 unspecified atom stereocenters. The van der Waals surface area contributed by atoms with Gasteiger partial charge in [0, 0.05) is 0 Å². The van der Waals surface area contributed by atoms with E-state index in [-0.39, 0.29) is 5.92 Å². The van der Waals surface area contributed by atoms with Gasteiger partial charge in [-0.2, -0.15) is 0 Å². The molecular formula is C18H32O2. The van der Waals surface area contributed by atoms with Gasteiger partial charge in [-0.3, -0.25) is 4.79 Å². The lowest BCUT2D eigenvalue weighted by molar-refractivity contribution is -0.147. The molecule has 20 heavy (non-hydrogen) atoms. The fourth-order valence-corrected chi connectivity index (χ4v) is 4.65. The molecule has 0 aromatic carbocycles. The Kier molecular flexibility index (Phi) is 5.14. The van der Waals surface area contributed by atoms with Crippen molar-refractivity contribution < 1.29 is 9.90 Å². The van der Waals surface area contributed by atoms with Gasteiger partial charge >= 0.3 is 5.97 Å². The van der Waals surface area contributed by atoms with Gasteiger partial charge in [0.2, 0.25) is 0 Å². The van der Waals surface area contributed by atoms with E-state index in [1.165, 1.54) is 19.3 Å². The first-order valence-electron chi connectivity index (χ1n) is 8.63. The second-order valence-electron chi connectivity index (χ2n) is 7.95. The second kappa shape index (κ2) is 6.49. The Morgan fingerprint density at radius 2 is 1.70 bits per heavy atom. The van der Waals surface area contributed by atoms with Gasteiger partial charge in [-0.25, -0.2) is 0 Å². The van der Waals surface area contributed by atoms with Crippen LogP contribution in [-0.4, -0.2) is 11.1 Å². The molecule has 0 spiro atoms. The first-order valence-corrected chi connectivity index (χ1v) is 8.63. The molecule has 0 aromatic heterocycles. The molecule has 0 aromatic rings. The van der Waals surface area contributed by atoms with Crippen LogP contribution >= 0.6 is 0 Å². The summed E-state index contributed by atoms with van der Waals surface area (Å²) < 4.78 is 0. The Hall–Kier alpha value is -0.530. The van der Waals surface area contributed by atoms with E-state index < -0.39 is 5.97 Å². The zero-order valence-corrected chi connectivity index (χ0v) is 13.6. The Labute approximate surface area is 124 Å². The predicted octanol–water partition coefficient (Wildman–Crippen LogP) is 4.83. The summed E-state index contributed by atoms with van der Waals surface area (Å²) >= 11 is 0. The normalized spacial score (nSPS) is 42.6. The largest absolute Gasteiger partial charge is 0.481 e. The van der Waals surface area contributed by atoms with Crippen molar-refractivity contribution in [3.8, 4) is 0 Å². The molecule has 1 N–H and O–H groups in total. The van der Waals surface area contributed by atoms with Crippen molar-refractivity contribution in [3.05, 3.63) is 0 Å². The number of rotatable bonds is 3. The number of aliphatic carboxylic acids is 1. The highest BCUT2D eigenvalue weighted by molar-refractivity contribution is 5.70. The third-order valence-electron chi connectivity index (χ3n) is 6.44. The minimum atomic E-state index is -0.538. The minimum absolute atomic E-state index is 0.0735. The van der Waals surface area contributed by atoms with E-state index in [1.54, 1.807) is 0 Å². The zero-order valence-electron chi connectivity index (χ0n) is 13.6. The summed E-state index contributed by atoms with van der Waals surface area (Å²) in [6.45, 7) is 9.31. The topological polar surface area (TPSA) is 37.3 Å². The van der Waals surface area contributed by atoms with Gasteiger partial charge in [-0.1, -0.05) is 34.1 Å². The first kappa shape index (κ1) is 15.9. The number of hydrogen-bond donors (Lipinski definition) is 1. The van der Waals surface area contributed by atoms with Crippen LogP contribution in [0.4, 0.5) is 0 Å². The van der Waals surface area contributed by atoms with Gasteiger partial charge in [-0.05, 0) is 67.6 Å². The lowest BCUT2D eigenvalue weighted by atomic mass is 9.61. The molecule has 0 aliphatic heterocycles. The third kappa shape index (κ3) is 3.38. The third-order valence-corrected chi connectivity index (χ3v) is 6.44. The number of carboxylic acid groups (broad SMARTS) is 1. The van der Waals surface area contributed by atoms with E-state index in [2.05, 4.69) is 27.7 Å². The predicted molar refractivity (Wildman–Crippen MR) is 82.5 cm³/mol. The van der Waals surface area contributed by atoms with Crippen LogP contribution in [0.3, 0.4) is 0 Å². The maximum atomic E-state index is 11.6. The van der Waals surface area contributed by atoms with E-state index in [4.69, 9.17) is 0 Å². The Balaban J connectivity index is 2.09. The molecule has 0 heterocycles. The Bertz CT molecular complexity index is 336. The van der Waals surface area contributed by atoms with Crippen molar-refractivity contribution in [1.29, 1.82) is 0 Å². The highest BCUT2D eigenvalue weighted by Gasteiger charge is 2.41.